The third-order valence-corrected chi connectivity index (χ3v) is 6.68. The van der Waals surface area contributed by atoms with Crippen molar-refractivity contribution in [1.29, 1.82) is 0 Å². The minimum Gasteiger partial charge on any atom is -0.393 e. The highest BCUT2D eigenvalue weighted by Gasteiger charge is 2.56. The van der Waals surface area contributed by atoms with Gasteiger partial charge in [0.25, 0.3) is 0 Å². The van der Waals surface area contributed by atoms with Crippen LogP contribution in [0.3, 0.4) is 0 Å². The number of rotatable bonds is 18. The number of ether oxygens (including phenoxy) is 1. The van der Waals surface area contributed by atoms with Crippen molar-refractivity contribution in [1.82, 2.24) is 9.55 Å². The van der Waals surface area contributed by atoms with Crippen LogP contribution in [0.25, 0.3) is 10.4 Å². The van der Waals surface area contributed by atoms with Gasteiger partial charge in [-0.15, -0.1) is 0 Å². The molecule has 2 heterocycles. The van der Waals surface area contributed by atoms with Crippen molar-refractivity contribution >= 4 is 11.7 Å². The number of hydrogen-bond donors (Lipinski definition) is 3. The Bertz CT molecular complexity index is 940. The molecule has 0 aliphatic carbocycles. The van der Waals surface area contributed by atoms with Gasteiger partial charge in [-0.3, -0.25) is 9.36 Å². The minimum absolute atomic E-state index is 0.0124. The highest BCUT2D eigenvalue weighted by molar-refractivity contribution is 5.89. The number of aliphatic hydroxyl groups is 2. The van der Waals surface area contributed by atoms with Crippen molar-refractivity contribution in [3.8, 4) is 0 Å². The van der Waals surface area contributed by atoms with E-state index in [1.165, 1.54) is 70.3 Å². The van der Waals surface area contributed by atoms with Gasteiger partial charge in [0.1, 0.15) is 11.9 Å². The third-order valence-electron chi connectivity index (χ3n) is 6.68. The van der Waals surface area contributed by atoms with E-state index in [4.69, 9.17) is 10.3 Å². The SMILES string of the molecule is CCCCCCCCCCCCCCCC(=O)Nc1ccn([C@@H]2O[C@@](CO)(N=[N+]=[N-])[C@H](O)C2F)c(=O)n1. The van der Waals surface area contributed by atoms with Crippen LogP contribution in [0.2, 0.25) is 0 Å². The van der Waals surface area contributed by atoms with Crippen molar-refractivity contribution in [2.45, 2.75) is 121 Å². The van der Waals surface area contributed by atoms with Crippen LogP contribution in [-0.2, 0) is 9.53 Å². The topological polar surface area (TPSA) is 162 Å². The molecule has 2 rings (SSSR count). The number of azide groups is 1. The fourth-order valence-corrected chi connectivity index (χ4v) is 4.46. The van der Waals surface area contributed by atoms with Crippen molar-refractivity contribution in [2.75, 3.05) is 11.9 Å². The summed E-state index contributed by atoms with van der Waals surface area (Å²) in [4.78, 5) is 30.8. The molecule has 1 aromatic rings. The molecule has 1 aliphatic heterocycles. The molecule has 0 radical (unpaired) electrons. The summed E-state index contributed by atoms with van der Waals surface area (Å²) < 4.78 is 20.6. The largest absolute Gasteiger partial charge is 0.393 e. The summed E-state index contributed by atoms with van der Waals surface area (Å²) >= 11 is 0. The Morgan fingerprint density at radius 1 is 1.16 bits per heavy atom. The van der Waals surface area contributed by atoms with E-state index in [-0.39, 0.29) is 11.7 Å². The first-order valence-corrected chi connectivity index (χ1v) is 13.4. The van der Waals surface area contributed by atoms with Crippen molar-refractivity contribution in [3.05, 3.63) is 33.2 Å². The number of nitrogens with zero attached hydrogens (tertiary/aromatic N) is 5. The molecular formula is C25H41FN6O5. The quantitative estimate of drug-likeness (QED) is 0.107. The predicted octanol–water partition coefficient (Wildman–Crippen LogP) is 4.89. The number of unbranched alkanes of at least 4 members (excludes halogenated alkanes) is 12. The molecule has 208 valence electrons. The molecule has 1 unspecified atom stereocenters. The molecule has 0 spiro atoms. The van der Waals surface area contributed by atoms with Crippen LogP contribution >= 0.6 is 0 Å². The molecule has 11 nitrogen and oxygen atoms in total. The van der Waals surface area contributed by atoms with Crippen LogP contribution in [-0.4, -0.2) is 50.3 Å². The summed E-state index contributed by atoms with van der Waals surface area (Å²) in [5.41, 5.74) is 5.46. The summed E-state index contributed by atoms with van der Waals surface area (Å²) in [6, 6.07) is 1.30. The number of halogens is 1. The van der Waals surface area contributed by atoms with Crippen molar-refractivity contribution in [3.63, 3.8) is 0 Å². The molecule has 0 bridgehead atoms. The molecule has 1 saturated heterocycles. The number of carbonyl (C=O) groups excluding carboxylic acids is 1. The fourth-order valence-electron chi connectivity index (χ4n) is 4.46. The molecule has 12 heteroatoms. The molecule has 37 heavy (non-hydrogen) atoms. The van der Waals surface area contributed by atoms with Gasteiger partial charge in [-0.05, 0) is 18.0 Å². The van der Waals surface area contributed by atoms with Crippen LogP contribution in [0.1, 0.15) is 103 Å². The van der Waals surface area contributed by atoms with Crippen LogP contribution in [0, 0.1) is 0 Å². The Morgan fingerprint density at radius 2 is 1.73 bits per heavy atom. The number of nitrogens with one attached hydrogen (secondary N) is 1. The zero-order valence-corrected chi connectivity index (χ0v) is 21.7. The Balaban J connectivity index is 1.68. The van der Waals surface area contributed by atoms with Gasteiger partial charge >= 0.3 is 5.69 Å². The Labute approximate surface area is 217 Å². The van der Waals surface area contributed by atoms with E-state index in [1.807, 2.05) is 0 Å². The number of aliphatic hydroxyl groups excluding tert-OH is 2. The van der Waals surface area contributed by atoms with E-state index in [1.54, 1.807) is 0 Å². The Kier molecular flexibility index (Phi) is 13.6. The van der Waals surface area contributed by atoms with Gasteiger partial charge in [0.2, 0.25) is 11.6 Å². The number of aromatic nitrogens is 2. The third kappa shape index (κ3) is 9.37. The summed E-state index contributed by atoms with van der Waals surface area (Å²) in [6.45, 7) is 1.25. The maximum atomic E-state index is 14.6. The van der Waals surface area contributed by atoms with Crippen LogP contribution in [0.4, 0.5) is 10.2 Å². The number of carbonyl (C=O) groups is 1. The van der Waals surface area contributed by atoms with Gasteiger partial charge in [0.05, 0.1) is 6.61 Å². The lowest BCUT2D eigenvalue weighted by Gasteiger charge is -2.23. The summed E-state index contributed by atoms with van der Waals surface area (Å²) in [5.74, 6) is -0.260. The van der Waals surface area contributed by atoms with Crippen LogP contribution in [0.5, 0.6) is 0 Å². The Morgan fingerprint density at radius 3 is 2.24 bits per heavy atom. The number of anilines is 1. The summed E-state index contributed by atoms with van der Waals surface area (Å²) in [5, 5.41) is 25.2. The first-order chi connectivity index (χ1) is 17.9. The molecule has 0 aromatic carbocycles. The van der Waals surface area contributed by atoms with E-state index < -0.39 is 36.5 Å². The normalized spacial score (nSPS) is 23.1. The highest BCUT2D eigenvalue weighted by atomic mass is 19.1. The predicted molar refractivity (Wildman–Crippen MR) is 137 cm³/mol. The molecule has 3 N–H and O–H groups in total. The standard InChI is InChI=1S/C25H41FN6O5/c1-2-3-4-5-6-7-8-9-10-11-12-13-14-15-20(34)28-19-16-17-32(24(36)29-19)23-21(26)22(35)25(18-33,37-23)30-31-27/h16-17,21-23,33,35H,2-15,18H2,1H3,(H,28,29,34,36)/t21?,22-,23-,25-/m1/s1. The molecule has 0 saturated carbocycles. The molecular weight excluding hydrogens is 483 g/mol. The molecule has 1 aromatic heterocycles. The van der Waals surface area contributed by atoms with E-state index in [0.29, 0.717) is 6.42 Å². The average molecular weight is 525 g/mol. The minimum atomic E-state index is -2.25. The van der Waals surface area contributed by atoms with Gasteiger partial charge in [0.15, 0.2) is 12.4 Å². The number of hydrogen-bond acceptors (Lipinski definition) is 7. The smallest absolute Gasteiger partial charge is 0.351 e. The van der Waals surface area contributed by atoms with Gasteiger partial charge in [-0.1, -0.05) is 89.1 Å². The van der Waals surface area contributed by atoms with Crippen molar-refractivity contribution in [2.24, 2.45) is 5.11 Å². The molecule has 1 amide bonds. The first-order valence-electron chi connectivity index (χ1n) is 13.4. The summed E-state index contributed by atoms with van der Waals surface area (Å²) in [7, 11) is 0. The van der Waals surface area contributed by atoms with E-state index >= 15 is 0 Å². The van der Waals surface area contributed by atoms with Gasteiger partial charge in [-0.25, -0.2) is 9.18 Å². The maximum Gasteiger partial charge on any atom is 0.351 e. The van der Waals surface area contributed by atoms with E-state index in [2.05, 4.69) is 27.3 Å². The van der Waals surface area contributed by atoms with Crippen LogP contribution < -0.4 is 11.0 Å². The van der Waals surface area contributed by atoms with Crippen LogP contribution in [0.15, 0.2) is 22.2 Å². The van der Waals surface area contributed by atoms with Gasteiger partial charge < -0.3 is 20.3 Å². The van der Waals surface area contributed by atoms with Crippen molar-refractivity contribution < 1.29 is 24.1 Å². The number of alkyl halides is 1. The second-order valence-corrected chi connectivity index (χ2v) is 9.63. The molecule has 1 aliphatic rings. The zero-order valence-electron chi connectivity index (χ0n) is 21.7. The van der Waals surface area contributed by atoms with E-state index in [9.17, 15) is 24.2 Å². The maximum absolute atomic E-state index is 14.6. The van der Waals surface area contributed by atoms with Gasteiger partial charge in [-0.2, -0.15) is 4.98 Å². The summed E-state index contributed by atoms with van der Waals surface area (Å²) in [6.07, 6.45) is 11.4. The lowest BCUT2D eigenvalue weighted by molar-refractivity contribution is -0.124. The average Bonchev–Trinajstić information content (AvgIpc) is 3.12. The molecule has 1 fully saturated rings. The van der Waals surface area contributed by atoms with E-state index in [0.717, 1.165) is 30.0 Å². The monoisotopic (exact) mass is 524 g/mol. The molecule has 4 atom stereocenters. The highest BCUT2D eigenvalue weighted by Crippen LogP contribution is 2.39. The second kappa shape index (κ2) is 16.3. The lowest BCUT2D eigenvalue weighted by Crippen LogP contribution is -2.43. The zero-order chi connectivity index (χ0) is 27.1. The number of amides is 1. The Hall–Kier alpha value is -2.53. The fraction of sp³-hybridized carbons (Fsp3) is 0.800. The second-order valence-electron chi connectivity index (χ2n) is 9.63. The lowest BCUT2D eigenvalue weighted by atomic mass is 10.0. The first kappa shape index (κ1) is 30.7. The van der Waals surface area contributed by atoms with Gasteiger partial charge in [0, 0.05) is 17.5 Å².